The number of pyridine rings is 2. The number of benzene rings is 1. The van der Waals surface area contributed by atoms with E-state index in [1.54, 1.807) is 35.6 Å². The lowest BCUT2D eigenvalue weighted by Crippen LogP contribution is -2.09. The number of fused-ring (bicyclic) bond motifs is 1. The fraction of sp³-hybridized carbons (Fsp3) is 0.227. The largest absolute Gasteiger partial charge is 0.496 e. The zero-order valence-electron chi connectivity index (χ0n) is 16.7. The summed E-state index contributed by atoms with van der Waals surface area (Å²) in [5.41, 5.74) is 2.16. The number of halogens is 4. The molecule has 0 fully saturated rings. The predicted molar refractivity (Wildman–Crippen MR) is 106 cm³/mol. The van der Waals surface area contributed by atoms with E-state index >= 15 is 0 Å². The number of alkyl halides is 3. The molecule has 0 saturated carbocycles. The number of nitrogens with zero attached hydrogens (tertiary/aromatic N) is 4. The van der Waals surface area contributed by atoms with E-state index in [-0.39, 0.29) is 5.82 Å². The van der Waals surface area contributed by atoms with Gasteiger partial charge in [0.2, 0.25) is 0 Å². The number of ether oxygens (including phenoxy) is 1. The second-order valence-corrected chi connectivity index (χ2v) is 7.07. The molecule has 31 heavy (non-hydrogen) atoms. The van der Waals surface area contributed by atoms with E-state index < -0.39 is 11.9 Å². The molecule has 0 amide bonds. The number of hydrogen-bond donors (Lipinski definition) is 0. The summed E-state index contributed by atoms with van der Waals surface area (Å²) in [6.07, 6.45) is -1.04. The summed E-state index contributed by atoms with van der Waals surface area (Å²) in [7, 11) is 1.48. The molecule has 0 bridgehead atoms. The van der Waals surface area contributed by atoms with Gasteiger partial charge in [-0.1, -0.05) is 6.07 Å². The molecule has 0 saturated heterocycles. The maximum atomic E-state index is 14.2. The highest BCUT2D eigenvalue weighted by Crippen LogP contribution is 2.34. The molecular weight excluding hydrogens is 412 g/mol. The lowest BCUT2D eigenvalue weighted by Gasteiger charge is -2.14. The average Bonchev–Trinajstić information content (AvgIpc) is 3.22. The van der Waals surface area contributed by atoms with E-state index in [1.807, 2.05) is 0 Å². The molecule has 4 aromatic rings. The summed E-state index contributed by atoms with van der Waals surface area (Å²) >= 11 is 0. The molecule has 0 spiro atoms. The van der Waals surface area contributed by atoms with Gasteiger partial charge in [0, 0.05) is 23.0 Å². The van der Waals surface area contributed by atoms with Crippen LogP contribution in [-0.2, 0) is 19.0 Å². The van der Waals surface area contributed by atoms with Crippen LogP contribution in [0, 0.1) is 12.7 Å². The Morgan fingerprint density at radius 3 is 2.61 bits per heavy atom. The Kier molecular flexibility index (Phi) is 5.34. The molecule has 0 aliphatic carbocycles. The first-order valence-electron chi connectivity index (χ1n) is 9.47. The molecule has 0 N–H and O–H groups in total. The van der Waals surface area contributed by atoms with Crippen LogP contribution in [0.15, 0.2) is 48.9 Å². The van der Waals surface area contributed by atoms with Gasteiger partial charge in [-0.25, -0.2) is 4.39 Å². The third kappa shape index (κ3) is 3.95. The standard InChI is InChI=1S/C22H18F4N4O/c1-13-11-27-20(22(24,25)26)10-17(13)15-8-6-14(30-12-28-29-21(15)30)7-9-16-18(23)4-3-5-19(16)31-2/h3-6,8,10-12H,7,9H2,1-2H3. The Hall–Kier alpha value is -3.49. The molecule has 9 heteroatoms. The lowest BCUT2D eigenvalue weighted by atomic mass is 10.0. The Bertz CT molecular complexity index is 1250. The van der Waals surface area contributed by atoms with Crippen LogP contribution in [-0.4, -0.2) is 26.7 Å². The van der Waals surface area contributed by atoms with E-state index in [4.69, 9.17) is 4.74 Å². The Labute approximate surface area is 175 Å². The topological polar surface area (TPSA) is 52.3 Å². The number of aryl methyl sites for hydroxylation is 2. The van der Waals surface area contributed by atoms with Crippen molar-refractivity contribution in [3.8, 4) is 16.9 Å². The van der Waals surface area contributed by atoms with Gasteiger partial charge in [0.15, 0.2) is 5.65 Å². The number of methoxy groups -OCH3 is 1. The summed E-state index contributed by atoms with van der Waals surface area (Å²) in [6.45, 7) is 1.69. The van der Waals surface area contributed by atoms with Crippen LogP contribution in [0.1, 0.15) is 22.5 Å². The predicted octanol–water partition coefficient (Wildman–Crippen LogP) is 5.05. The zero-order valence-corrected chi connectivity index (χ0v) is 16.7. The first kappa shape index (κ1) is 20.8. The van der Waals surface area contributed by atoms with Crippen LogP contribution in [0.5, 0.6) is 5.75 Å². The molecule has 5 nitrogen and oxygen atoms in total. The van der Waals surface area contributed by atoms with Crippen LogP contribution in [0.2, 0.25) is 0 Å². The highest BCUT2D eigenvalue weighted by molar-refractivity contribution is 5.79. The number of rotatable bonds is 5. The van der Waals surface area contributed by atoms with E-state index in [1.165, 1.54) is 25.7 Å². The van der Waals surface area contributed by atoms with Gasteiger partial charge in [0.05, 0.1) is 7.11 Å². The molecular formula is C22H18F4N4O. The summed E-state index contributed by atoms with van der Waals surface area (Å²) in [5, 5.41) is 8.04. The molecule has 0 atom stereocenters. The van der Waals surface area contributed by atoms with Gasteiger partial charge < -0.3 is 4.74 Å². The molecule has 3 aromatic heterocycles. The Balaban J connectivity index is 1.73. The van der Waals surface area contributed by atoms with E-state index in [0.717, 1.165) is 11.8 Å². The fourth-order valence-corrected chi connectivity index (χ4v) is 3.57. The van der Waals surface area contributed by atoms with Crippen molar-refractivity contribution in [2.24, 2.45) is 0 Å². The molecule has 0 aliphatic heterocycles. The van der Waals surface area contributed by atoms with Crippen molar-refractivity contribution in [3.63, 3.8) is 0 Å². The van der Waals surface area contributed by atoms with Gasteiger partial charge in [-0.05, 0) is 61.2 Å². The summed E-state index contributed by atoms with van der Waals surface area (Å²) < 4.78 is 60.7. The van der Waals surface area contributed by atoms with Gasteiger partial charge in [0.1, 0.15) is 23.6 Å². The molecule has 0 radical (unpaired) electrons. The fourth-order valence-electron chi connectivity index (χ4n) is 3.57. The second-order valence-electron chi connectivity index (χ2n) is 7.07. The number of aromatic nitrogens is 4. The van der Waals surface area contributed by atoms with Crippen molar-refractivity contribution >= 4 is 5.65 Å². The first-order valence-corrected chi connectivity index (χ1v) is 9.47. The minimum atomic E-state index is -4.55. The molecule has 0 aliphatic rings. The number of hydrogen-bond acceptors (Lipinski definition) is 4. The van der Waals surface area contributed by atoms with Crippen molar-refractivity contribution in [1.82, 2.24) is 19.6 Å². The quantitative estimate of drug-likeness (QED) is 0.416. The van der Waals surface area contributed by atoms with Gasteiger partial charge >= 0.3 is 6.18 Å². The third-order valence-electron chi connectivity index (χ3n) is 5.15. The maximum Gasteiger partial charge on any atom is 0.433 e. The normalized spacial score (nSPS) is 11.8. The molecule has 0 unspecified atom stereocenters. The van der Waals surface area contributed by atoms with Crippen LogP contribution in [0.25, 0.3) is 16.8 Å². The summed E-state index contributed by atoms with van der Waals surface area (Å²) in [5.74, 6) is 0.103. The highest BCUT2D eigenvalue weighted by Gasteiger charge is 2.33. The monoisotopic (exact) mass is 430 g/mol. The van der Waals surface area contributed by atoms with Gasteiger partial charge in [-0.2, -0.15) is 13.2 Å². The van der Waals surface area contributed by atoms with E-state index in [0.29, 0.717) is 46.5 Å². The van der Waals surface area contributed by atoms with Crippen LogP contribution >= 0.6 is 0 Å². The smallest absolute Gasteiger partial charge is 0.433 e. The average molecular weight is 430 g/mol. The van der Waals surface area contributed by atoms with Gasteiger partial charge in [-0.3, -0.25) is 9.38 Å². The minimum absolute atomic E-state index is 0.358. The Morgan fingerprint density at radius 2 is 1.87 bits per heavy atom. The van der Waals surface area contributed by atoms with Crippen molar-refractivity contribution in [2.75, 3.05) is 7.11 Å². The van der Waals surface area contributed by atoms with Crippen molar-refractivity contribution in [1.29, 1.82) is 0 Å². The molecule has 4 rings (SSSR count). The minimum Gasteiger partial charge on any atom is -0.496 e. The van der Waals surface area contributed by atoms with E-state index in [9.17, 15) is 17.6 Å². The summed E-state index contributed by atoms with van der Waals surface area (Å²) in [6, 6.07) is 9.16. The molecule has 160 valence electrons. The SMILES string of the molecule is COc1cccc(F)c1CCc1ccc(-c2cc(C(F)(F)F)ncc2C)c2nncn12. The zero-order chi connectivity index (χ0) is 22.2. The van der Waals surface area contributed by atoms with Crippen molar-refractivity contribution in [3.05, 3.63) is 77.3 Å². The van der Waals surface area contributed by atoms with Crippen LogP contribution < -0.4 is 4.74 Å². The van der Waals surface area contributed by atoms with E-state index in [2.05, 4.69) is 15.2 Å². The Morgan fingerprint density at radius 1 is 1.06 bits per heavy atom. The molecule has 1 aromatic carbocycles. The van der Waals surface area contributed by atoms with Gasteiger partial charge in [-0.15, -0.1) is 10.2 Å². The highest BCUT2D eigenvalue weighted by atomic mass is 19.4. The third-order valence-corrected chi connectivity index (χ3v) is 5.15. The first-order chi connectivity index (χ1) is 14.8. The van der Waals surface area contributed by atoms with Crippen molar-refractivity contribution < 1.29 is 22.3 Å². The summed E-state index contributed by atoms with van der Waals surface area (Å²) in [4.78, 5) is 3.49. The van der Waals surface area contributed by atoms with Crippen LogP contribution in [0.3, 0.4) is 0 Å². The van der Waals surface area contributed by atoms with Crippen LogP contribution in [0.4, 0.5) is 17.6 Å². The lowest BCUT2D eigenvalue weighted by molar-refractivity contribution is -0.141. The van der Waals surface area contributed by atoms with Gasteiger partial charge in [0.25, 0.3) is 0 Å². The molecule has 3 heterocycles. The van der Waals surface area contributed by atoms with Crippen molar-refractivity contribution in [2.45, 2.75) is 25.9 Å². The second kappa shape index (κ2) is 7.98. The maximum absolute atomic E-state index is 14.2.